The van der Waals surface area contributed by atoms with Crippen molar-refractivity contribution in [3.05, 3.63) is 12.7 Å². The van der Waals surface area contributed by atoms with E-state index < -0.39 is 0 Å². The van der Waals surface area contributed by atoms with Gasteiger partial charge < -0.3 is 0 Å². The van der Waals surface area contributed by atoms with Crippen LogP contribution in [-0.2, 0) is 0 Å². The van der Waals surface area contributed by atoms with E-state index in [2.05, 4.69) is 33.4 Å². The predicted molar refractivity (Wildman–Crippen MR) is 52.7 cm³/mol. The average molecular weight is 154 g/mol. The van der Waals surface area contributed by atoms with E-state index in [1.807, 2.05) is 0 Å². The SMILES string of the molecule is C=CC(CC)CCCC(C)C. The Balaban J connectivity index is 3.28. The third-order valence-corrected chi connectivity index (χ3v) is 2.21. The molecule has 0 aliphatic rings. The summed E-state index contributed by atoms with van der Waals surface area (Å²) < 4.78 is 0. The molecule has 0 aliphatic carbocycles. The van der Waals surface area contributed by atoms with Crippen molar-refractivity contribution in [3.63, 3.8) is 0 Å². The van der Waals surface area contributed by atoms with E-state index in [9.17, 15) is 0 Å². The van der Waals surface area contributed by atoms with Gasteiger partial charge in [-0.15, -0.1) is 6.58 Å². The molecule has 0 saturated carbocycles. The van der Waals surface area contributed by atoms with Crippen LogP contribution in [0.15, 0.2) is 12.7 Å². The summed E-state index contributed by atoms with van der Waals surface area (Å²) in [5, 5.41) is 0. The summed E-state index contributed by atoms with van der Waals surface area (Å²) in [6.45, 7) is 10.6. The van der Waals surface area contributed by atoms with E-state index in [1.165, 1.54) is 25.7 Å². The Morgan fingerprint density at radius 2 is 1.91 bits per heavy atom. The molecular weight excluding hydrogens is 132 g/mol. The van der Waals surface area contributed by atoms with Gasteiger partial charge in [-0.1, -0.05) is 39.7 Å². The highest BCUT2D eigenvalue weighted by Gasteiger charge is 2.01. The van der Waals surface area contributed by atoms with E-state index >= 15 is 0 Å². The van der Waals surface area contributed by atoms with Crippen molar-refractivity contribution in [1.29, 1.82) is 0 Å². The van der Waals surface area contributed by atoms with Gasteiger partial charge in [0.25, 0.3) is 0 Å². The molecule has 0 aromatic carbocycles. The molecule has 1 atom stereocenters. The molecule has 0 rings (SSSR count). The molecule has 0 fully saturated rings. The lowest BCUT2D eigenvalue weighted by Gasteiger charge is -2.09. The van der Waals surface area contributed by atoms with Crippen LogP contribution in [0.25, 0.3) is 0 Å². The zero-order valence-corrected chi connectivity index (χ0v) is 8.27. The van der Waals surface area contributed by atoms with Crippen molar-refractivity contribution in [1.82, 2.24) is 0 Å². The molecule has 66 valence electrons. The molecule has 0 nitrogen and oxygen atoms in total. The molecule has 1 unspecified atom stereocenters. The fourth-order valence-corrected chi connectivity index (χ4v) is 1.28. The number of rotatable bonds is 6. The lowest BCUT2D eigenvalue weighted by atomic mass is 9.97. The van der Waals surface area contributed by atoms with Crippen molar-refractivity contribution in [2.24, 2.45) is 11.8 Å². The second kappa shape index (κ2) is 6.45. The minimum absolute atomic E-state index is 0.758. The highest BCUT2D eigenvalue weighted by atomic mass is 14.1. The van der Waals surface area contributed by atoms with Crippen LogP contribution in [-0.4, -0.2) is 0 Å². The maximum absolute atomic E-state index is 3.83. The maximum Gasteiger partial charge on any atom is -0.0239 e. The predicted octanol–water partition coefficient (Wildman–Crippen LogP) is 4.02. The summed E-state index contributed by atoms with van der Waals surface area (Å²) in [6, 6.07) is 0. The first-order chi connectivity index (χ1) is 5.20. The fraction of sp³-hybridized carbons (Fsp3) is 0.818. The lowest BCUT2D eigenvalue weighted by molar-refractivity contribution is 0.478. The Morgan fingerprint density at radius 3 is 2.27 bits per heavy atom. The first-order valence-electron chi connectivity index (χ1n) is 4.83. The largest absolute Gasteiger partial charge is 0.103 e. The molecule has 0 spiro atoms. The van der Waals surface area contributed by atoms with Crippen LogP contribution in [0.4, 0.5) is 0 Å². The monoisotopic (exact) mass is 154 g/mol. The van der Waals surface area contributed by atoms with Crippen LogP contribution in [0.3, 0.4) is 0 Å². The summed E-state index contributed by atoms with van der Waals surface area (Å²) in [5.74, 6) is 1.62. The van der Waals surface area contributed by atoms with Crippen LogP contribution < -0.4 is 0 Å². The van der Waals surface area contributed by atoms with Crippen LogP contribution in [0.1, 0.15) is 46.5 Å². The van der Waals surface area contributed by atoms with E-state index in [0.717, 1.165) is 11.8 Å². The minimum Gasteiger partial charge on any atom is -0.103 e. The van der Waals surface area contributed by atoms with Gasteiger partial charge in [0.15, 0.2) is 0 Å². The highest BCUT2D eigenvalue weighted by molar-refractivity contribution is 4.77. The van der Waals surface area contributed by atoms with Crippen LogP contribution >= 0.6 is 0 Å². The molecule has 0 bridgehead atoms. The second-order valence-electron chi connectivity index (χ2n) is 3.73. The number of allylic oxidation sites excluding steroid dienone is 1. The highest BCUT2D eigenvalue weighted by Crippen LogP contribution is 2.15. The molecule has 0 heteroatoms. The molecule has 0 radical (unpaired) electrons. The topological polar surface area (TPSA) is 0 Å². The van der Waals surface area contributed by atoms with Crippen LogP contribution in [0, 0.1) is 11.8 Å². The van der Waals surface area contributed by atoms with Gasteiger partial charge in [0.1, 0.15) is 0 Å². The van der Waals surface area contributed by atoms with Crippen LogP contribution in [0.5, 0.6) is 0 Å². The Kier molecular flexibility index (Phi) is 6.30. The molecule has 0 N–H and O–H groups in total. The zero-order chi connectivity index (χ0) is 8.69. The first-order valence-corrected chi connectivity index (χ1v) is 4.83. The first kappa shape index (κ1) is 10.7. The van der Waals surface area contributed by atoms with Gasteiger partial charge in [0.2, 0.25) is 0 Å². The fourth-order valence-electron chi connectivity index (χ4n) is 1.28. The summed E-state index contributed by atoms with van der Waals surface area (Å²) >= 11 is 0. The Hall–Kier alpha value is -0.260. The van der Waals surface area contributed by atoms with E-state index in [1.54, 1.807) is 0 Å². The van der Waals surface area contributed by atoms with E-state index in [0.29, 0.717) is 0 Å². The van der Waals surface area contributed by atoms with E-state index in [4.69, 9.17) is 0 Å². The van der Waals surface area contributed by atoms with Crippen molar-refractivity contribution in [2.45, 2.75) is 46.5 Å². The quantitative estimate of drug-likeness (QED) is 0.507. The Bertz CT molecular complexity index is 92.2. The second-order valence-corrected chi connectivity index (χ2v) is 3.73. The molecule has 0 amide bonds. The summed E-state index contributed by atoms with van der Waals surface area (Å²) in [7, 11) is 0. The molecule has 0 aromatic rings. The van der Waals surface area contributed by atoms with E-state index in [-0.39, 0.29) is 0 Å². The molecule has 0 aromatic heterocycles. The summed E-state index contributed by atoms with van der Waals surface area (Å²) in [5.41, 5.74) is 0. The van der Waals surface area contributed by atoms with Crippen molar-refractivity contribution >= 4 is 0 Å². The normalized spacial score (nSPS) is 13.5. The maximum atomic E-state index is 3.83. The summed E-state index contributed by atoms with van der Waals surface area (Å²) in [4.78, 5) is 0. The van der Waals surface area contributed by atoms with Gasteiger partial charge in [-0.3, -0.25) is 0 Å². The minimum atomic E-state index is 0.758. The van der Waals surface area contributed by atoms with Gasteiger partial charge in [0, 0.05) is 0 Å². The summed E-state index contributed by atoms with van der Waals surface area (Å²) in [6.07, 6.45) is 7.41. The van der Waals surface area contributed by atoms with Gasteiger partial charge in [0.05, 0.1) is 0 Å². The third-order valence-electron chi connectivity index (χ3n) is 2.21. The smallest absolute Gasteiger partial charge is 0.0239 e. The Labute approximate surface area is 71.7 Å². The average Bonchev–Trinajstić information content (AvgIpc) is 1.98. The Morgan fingerprint density at radius 1 is 1.27 bits per heavy atom. The molecule has 0 saturated heterocycles. The standard InChI is InChI=1S/C11H22/c1-5-11(6-2)9-7-8-10(3)4/h5,10-11H,1,6-9H2,2-4H3. The number of hydrogen-bond donors (Lipinski definition) is 0. The van der Waals surface area contributed by atoms with Crippen LogP contribution in [0.2, 0.25) is 0 Å². The van der Waals surface area contributed by atoms with Gasteiger partial charge in [-0.2, -0.15) is 0 Å². The third kappa shape index (κ3) is 6.15. The van der Waals surface area contributed by atoms with Gasteiger partial charge >= 0.3 is 0 Å². The van der Waals surface area contributed by atoms with Crippen molar-refractivity contribution in [3.8, 4) is 0 Å². The molecule has 0 aliphatic heterocycles. The lowest BCUT2D eigenvalue weighted by Crippen LogP contribution is -1.95. The van der Waals surface area contributed by atoms with Crippen molar-refractivity contribution < 1.29 is 0 Å². The van der Waals surface area contributed by atoms with Gasteiger partial charge in [-0.05, 0) is 24.7 Å². The van der Waals surface area contributed by atoms with Gasteiger partial charge in [-0.25, -0.2) is 0 Å². The molecule has 11 heavy (non-hydrogen) atoms. The molecular formula is C11H22. The number of hydrogen-bond acceptors (Lipinski definition) is 0. The molecule has 0 heterocycles. The zero-order valence-electron chi connectivity index (χ0n) is 8.27. The van der Waals surface area contributed by atoms with Crippen molar-refractivity contribution in [2.75, 3.05) is 0 Å².